The number of hydrogen-bond donors (Lipinski definition) is 2. The summed E-state index contributed by atoms with van der Waals surface area (Å²) < 4.78 is 1.75. The van der Waals surface area contributed by atoms with Crippen LogP contribution in [0.1, 0.15) is 31.4 Å². The SMILES string of the molecule is O=C(CCn1c(=S)[nH]c2ccccc2c1=O)Nc1nc(CN2CCCCC2)cs1. The number of carbonyl (C=O) groups excluding carboxylic acids is 1. The fourth-order valence-electron chi connectivity index (χ4n) is 3.58. The Labute approximate surface area is 177 Å². The Balaban J connectivity index is 1.36. The quantitative estimate of drug-likeness (QED) is 0.586. The number of H-pyrrole nitrogens is 1. The Hall–Kier alpha value is -2.36. The number of piperidine rings is 1. The highest BCUT2D eigenvalue weighted by Crippen LogP contribution is 2.19. The third kappa shape index (κ3) is 4.80. The molecule has 3 heterocycles. The number of aromatic nitrogens is 3. The van der Waals surface area contributed by atoms with E-state index in [1.165, 1.54) is 35.2 Å². The standard InChI is InChI=1S/C20H23N5O2S2/c26-17(23-19-21-14(13-29-19)12-24-9-4-1-5-10-24)8-11-25-18(27)15-6-2-3-7-16(15)22-20(25)28/h2-3,6-7,13H,1,4-5,8-12H2,(H,22,28)(H,21,23,26). The molecule has 2 N–H and O–H groups in total. The summed E-state index contributed by atoms with van der Waals surface area (Å²) in [6, 6.07) is 7.21. The van der Waals surface area contributed by atoms with Crippen LogP contribution >= 0.6 is 23.6 Å². The first-order valence-corrected chi connectivity index (χ1v) is 11.1. The van der Waals surface area contributed by atoms with Crippen molar-refractivity contribution in [2.75, 3.05) is 18.4 Å². The van der Waals surface area contributed by atoms with Crippen LogP contribution in [0.4, 0.5) is 5.13 Å². The van der Waals surface area contributed by atoms with E-state index in [0.717, 1.165) is 25.3 Å². The summed E-state index contributed by atoms with van der Waals surface area (Å²) in [5, 5.41) is 5.99. The zero-order valence-electron chi connectivity index (χ0n) is 16.0. The summed E-state index contributed by atoms with van der Waals surface area (Å²) >= 11 is 6.72. The lowest BCUT2D eigenvalue weighted by Crippen LogP contribution is -2.29. The van der Waals surface area contributed by atoms with Gasteiger partial charge >= 0.3 is 0 Å². The average Bonchev–Trinajstić information content (AvgIpc) is 3.15. The van der Waals surface area contributed by atoms with Gasteiger partial charge in [0.25, 0.3) is 5.56 Å². The predicted molar refractivity (Wildman–Crippen MR) is 118 cm³/mol. The Kier molecular flexibility index (Phi) is 6.17. The van der Waals surface area contributed by atoms with E-state index in [1.807, 2.05) is 23.6 Å². The fraction of sp³-hybridized carbons (Fsp3) is 0.400. The number of thiazole rings is 1. The monoisotopic (exact) mass is 429 g/mol. The molecule has 1 fully saturated rings. The normalized spacial score (nSPS) is 14.9. The smallest absolute Gasteiger partial charge is 0.262 e. The molecule has 0 atom stereocenters. The van der Waals surface area contributed by atoms with Crippen LogP contribution in [0.3, 0.4) is 0 Å². The highest BCUT2D eigenvalue weighted by Gasteiger charge is 2.14. The van der Waals surface area contributed by atoms with Crippen molar-refractivity contribution in [1.29, 1.82) is 0 Å². The van der Waals surface area contributed by atoms with Crippen molar-refractivity contribution >= 4 is 45.5 Å². The minimum atomic E-state index is -0.185. The summed E-state index contributed by atoms with van der Waals surface area (Å²) in [6.45, 7) is 3.27. The lowest BCUT2D eigenvalue weighted by atomic mass is 10.1. The van der Waals surface area contributed by atoms with E-state index in [-0.39, 0.29) is 24.4 Å². The molecule has 1 aromatic carbocycles. The van der Waals surface area contributed by atoms with Gasteiger partial charge in [0.1, 0.15) is 0 Å². The molecule has 0 unspecified atom stereocenters. The summed E-state index contributed by atoms with van der Waals surface area (Å²) in [5.41, 5.74) is 1.50. The molecule has 1 saturated heterocycles. The highest BCUT2D eigenvalue weighted by molar-refractivity contribution is 7.71. The van der Waals surface area contributed by atoms with Gasteiger partial charge in [-0.05, 0) is 50.3 Å². The average molecular weight is 430 g/mol. The molecule has 0 radical (unpaired) electrons. The van der Waals surface area contributed by atoms with Gasteiger partial charge in [-0.25, -0.2) is 4.98 Å². The first-order valence-electron chi connectivity index (χ1n) is 9.78. The minimum absolute atomic E-state index is 0.150. The number of anilines is 1. The van der Waals surface area contributed by atoms with Crippen molar-refractivity contribution in [1.82, 2.24) is 19.4 Å². The van der Waals surface area contributed by atoms with Gasteiger partial charge in [0, 0.05) is 24.9 Å². The number of likely N-dealkylation sites (tertiary alicyclic amines) is 1. The van der Waals surface area contributed by atoms with E-state index in [4.69, 9.17) is 12.2 Å². The van der Waals surface area contributed by atoms with Crippen molar-refractivity contribution in [2.24, 2.45) is 0 Å². The van der Waals surface area contributed by atoms with E-state index < -0.39 is 0 Å². The van der Waals surface area contributed by atoms with E-state index in [1.54, 1.807) is 6.07 Å². The number of nitrogens with zero attached hydrogens (tertiary/aromatic N) is 3. The number of carbonyl (C=O) groups is 1. The molecular formula is C20H23N5O2S2. The number of nitrogens with one attached hydrogen (secondary N) is 2. The number of hydrogen-bond acceptors (Lipinski definition) is 6. The second-order valence-corrected chi connectivity index (χ2v) is 8.46. The van der Waals surface area contributed by atoms with Crippen LogP contribution in [-0.4, -0.2) is 38.4 Å². The maximum absolute atomic E-state index is 12.6. The van der Waals surface area contributed by atoms with Gasteiger partial charge in [0.15, 0.2) is 9.90 Å². The summed E-state index contributed by atoms with van der Waals surface area (Å²) in [7, 11) is 0. The maximum Gasteiger partial charge on any atom is 0.262 e. The molecule has 7 nitrogen and oxygen atoms in total. The zero-order chi connectivity index (χ0) is 20.2. The molecule has 152 valence electrons. The third-order valence-corrected chi connectivity index (χ3v) is 6.21. The van der Waals surface area contributed by atoms with Crippen LogP contribution in [0.5, 0.6) is 0 Å². The molecule has 29 heavy (non-hydrogen) atoms. The summed E-state index contributed by atoms with van der Waals surface area (Å²) in [5.74, 6) is -0.182. The number of para-hydroxylation sites is 1. The molecule has 1 aliphatic rings. The van der Waals surface area contributed by atoms with Crippen LogP contribution in [0, 0.1) is 4.77 Å². The van der Waals surface area contributed by atoms with Crippen molar-refractivity contribution in [2.45, 2.75) is 38.8 Å². The minimum Gasteiger partial charge on any atom is -0.332 e. The van der Waals surface area contributed by atoms with Crippen molar-refractivity contribution in [3.05, 3.63) is 50.5 Å². The van der Waals surface area contributed by atoms with Gasteiger partial charge < -0.3 is 10.3 Å². The highest BCUT2D eigenvalue weighted by atomic mass is 32.1. The van der Waals surface area contributed by atoms with Crippen LogP contribution in [-0.2, 0) is 17.9 Å². The van der Waals surface area contributed by atoms with Crippen molar-refractivity contribution < 1.29 is 4.79 Å². The molecule has 0 bridgehead atoms. The van der Waals surface area contributed by atoms with Gasteiger partial charge in [-0.15, -0.1) is 11.3 Å². The molecule has 4 rings (SSSR count). The molecule has 2 aromatic heterocycles. The molecule has 1 aliphatic heterocycles. The molecule has 0 aliphatic carbocycles. The summed E-state index contributed by atoms with van der Waals surface area (Å²) in [6.07, 6.45) is 3.93. The van der Waals surface area contributed by atoms with Gasteiger partial charge in [-0.3, -0.25) is 19.1 Å². The molecule has 3 aromatic rings. The first-order chi connectivity index (χ1) is 14.1. The van der Waals surface area contributed by atoms with Crippen molar-refractivity contribution in [3.63, 3.8) is 0 Å². The van der Waals surface area contributed by atoms with Gasteiger partial charge in [-0.1, -0.05) is 18.6 Å². The lowest BCUT2D eigenvalue weighted by molar-refractivity contribution is -0.116. The third-order valence-electron chi connectivity index (χ3n) is 5.08. The molecular weight excluding hydrogens is 406 g/mol. The molecule has 9 heteroatoms. The first kappa shape index (κ1) is 19.9. The lowest BCUT2D eigenvalue weighted by Gasteiger charge is -2.25. The van der Waals surface area contributed by atoms with Crippen LogP contribution < -0.4 is 10.9 Å². The zero-order valence-corrected chi connectivity index (χ0v) is 17.7. The summed E-state index contributed by atoms with van der Waals surface area (Å²) in [4.78, 5) is 35.0. The number of aromatic amines is 1. The van der Waals surface area contributed by atoms with E-state index in [2.05, 4.69) is 20.2 Å². The van der Waals surface area contributed by atoms with Gasteiger partial charge in [0.05, 0.1) is 16.6 Å². The van der Waals surface area contributed by atoms with E-state index in [9.17, 15) is 9.59 Å². The Morgan fingerprint density at radius 1 is 1.24 bits per heavy atom. The van der Waals surface area contributed by atoms with Crippen molar-refractivity contribution in [3.8, 4) is 0 Å². The van der Waals surface area contributed by atoms with Gasteiger partial charge in [0.2, 0.25) is 5.91 Å². The number of rotatable bonds is 6. The van der Waals surface area contributed by atoms with Crippen LogP contribution in [0.2, 0.25) is 0 Å². The Morgan fingerprint density at radius 2 is 2.03 bits per heavy atom. The fourth-order valence-corrected chi connectivity index (χ4v) is 4.58. The molecule has 0 spiro atoms. The number of benzene rings is 1. The van der Waals surface area contributed by atoms with E-state index >= 15 is 0 Å². The van der Waals surface area contributed by atoms with Gasteiger partial charge in [-0.2, -0.15) is 0 Å². The predicted octanol–water partition coefficient (Wildman–Crippen LogP) is 3.53. The molecule has 0 saturated carbocycles. The number of fused-ring (bicyclic) bond motifs is 1. The van der Waals surface area contributed by atoms with Crippen LogP contribution in [0.25, 0.3) is 10.9 Å². The second-order valence-electron chi connectivity index (χ2n) is 7.21. The Bertz CT molecular complexity index is 1130. The second kappa shape index (κ2) is 8.98. The molecule has 1 amide bonds. The Morgan fingerprint density at radius 3 is 2.86 bits per heavy atom. The topological polar surface area (TPSA) is 83.0 Å². The van der Waals surface area contributed by atoms with E-state index in [0.29, 0.717) is 20.8 Å². The largest absolute Gasteiger partial charge is 0.332 e. The maximum atomic E-state index is 12.6. The number of amides is 1. The van der Waals surface area contributed by atoms with Crippen LogP contribution in [0.15, 0.2) is 34.4 Å².